The zero-order chi connectivity index (χ0) is 23.8. The summed E-state index contributed by atoms with van der Waals surface area (Å²) in [5.41, 5.74) is 6.61. The van der Waals surface area contributed by atoms with Crippen LogP contribution in [-0.2, 0) is 9.47 Å². The van der Waals surface area contributed by atoms with Crippen LogP contribution < -0.4 is 15.4 Å². The number of carbonyl (C=O) groups excluding carboxylic acids is 1. The van der Waals surface area contributed by atoms with Gasteiger partial charge in [0.25, 0.3) is 0 Å². The molecule has 1 aliphatic rings. The second kappa shape index (κ2) is 8.99. The summed E-state index contributed by atoms with van der Waals surface area (Å²) in [5, 5.41) is 0.338. The Morgan fingerprint density at radius 3 is 2.73 bits per heavy atom. The van der Waals surface area contributed by atoms with Gasteiger partial charge in [0.1, 0.15) is 29.6 Å². The first-order valence-corrected chi connectivity index (χ1v) is 10.8. The maximum absolute atomic E-state index is 13.8. The Hall–Kier alpha value is -3.17. The molecule has 3 aromatic rings. The molecule has 1 unspecified atom stereocenters. The van der Waals surface area contributed by atoms with Crippen molar-refractivity contribution in [2.75, 3.05) is 23.8 Å². The zero-order valence-corrected chi connectivity index (χ0v) is 19.2. The Bertz CT molecular complexity index is 1200. The van der Waals surface area contributed by atoms with E-state index >= 15 is 0 Å². The van der Waals surface area contributed by atoms with Crippen LogP contribution in [0.4, 0.5) is 26.4 Å². The zero-order valence-electron chi connectivity index (χ0n) is 18.5. The number of hydrogen-bond acceptors (Lipinski definition) is 7. The van der Waals surface area contributed by atoms with E-state index < -0.39 is 17.5 Å². The fraction of sp³-hybridized carbons (Fsp3) is 0.348. The molecule has 1 aliphatic heterocycles. The first-order valence-electron chi connectivity index (χ1n) is 10.4. The number of nitrogens with two attached hydrogens (primary N) is 1. The molecular formula is C23H24ClFN4O4. The molecule has 8 nitrogen and oxygen atoms in total. The van der Waals surface area contributed by atoms with Gasteiger partial charge in [-0.05, 0) is 45.0 Å². The van der Waals surface area contributed by atoms with Gasteiger partial charge in [0.15, 0.2) is 5.82 Å². The lowest BCUT2D eigenvalue weighted by Crippen LogP contribution is -2.34. The highest BCUT2D eigenvalue weighted by molar-refractivity contribution is 6.31. The van der Waals surface area contributed by atoms with E-state index in [1.807, 2.05) is 0 Å². The van der Waals surface area contributed by atoms with Crippen molar-refractivity contribution >= 4 is 45.8 Å². The van der Waals surface area contributed by atoms with Crippen molar-refractivity contribution in [1.82, 2.24) is 9.97 Å². The molecule has 10 heteroatoms. The van der Waals surface area contributed by atoms with Crippen molar-refractivity contribution in [2.24, 2.45) is 0 Å². The predicted octanol–water partition coefficient (Wildman–Crippen LogP) is 5.25. The fourth-order valence-electron chi connectivity index (χ4n) is 3.40. The van der Waals surface area contributed by atoms with Crippen LogP contribution in [0.5, 0.6) is 5.75 Å². The average molecular weight is 475 g/mol. The van der Waals surface area contributed by atoms with Gasteiger partial charge in [-0.3, -0.25) is 0 Å². The fourth-order valence-corrected chi connectivity index (χ4v) is 3.57. The third-order valence-electron chi connectivity index (χ3n) is 4.88. The summed E-state index contributed by atoms with van der Waals surface area (Å²) in [6, 6.07) is 7.25. The number of halogens is 2. The van der Waals surface area contributed by atoms with Crippen molar-refractivity contribution in [2.45, 2.75) is 38.9 Å². The Morgan fingerprint density at radius 2 is 2.06 bits per heavy atom. The number of amides is 1. The molecule has 2 N–H and O–H groups in total. The van der Waals surface area contributed by atoms with Crippen LogP contribution in [0.25, 0.3) is 10.9 Å². The minimum absolute atomic E-state index is 0.0920. The third-order valence-corrected chi connectivity index (χ3v) is 5.17. The van der Waals surface area contributed by atoms with Crippen LogP contribution >= 0.6 is 11.6 Å². The molecule has 0 spiro atoms. The number of anilines is 3. The molecule has 1 fully saturated rings. The van der Waals surface area contributed by atoms with Crippen LogP contribution in [0, 0.1) is 5.82 Å². The van der Waals surface area contributed by atoms with Crippen LogP contribution in [0.3, 0.4) is 0 Å². The van der Waals surface area contributed by atoms with E-state index in [9.17, 15) is 9.18 Å². The summed E-state index contributed by atoms with van der Waals surface area (Å²) in [4.78, 5) is 23.1. The number of nitrogen functional groups attached to an aromatic ring is 1. The topological polar surface area (TPSA) is 99.8 Å². The summed E-state index contributed by atoms with van der Waals surface area (Å²) in [5.74, 6) is 0.0645. The van der Waals surface area contributed by atoms with Crippen LogP contribution in [0.15, 0.2) is 36.7 Å². The van der Waals surface area contributed by atoms with Crippen LogP contribution in [0.2, 0.25) is 5.02 Å². The van der Waals surface area contributed by atoms with Crippen molar-refractivity contribution < 1.29 is 23.4 Å². The molecule has 33 heavy (non-hydrogen) atoms. The lowest BCUT2D eigenvalue weighted by atomic mass is 10.1. The molecule has 0 bridgehead atoms. The molecule has 0 saturated carbocycles. The molecule has 1 saturated heterocycles. The summed E-state index contributed by atoms with van der Waals surface area (Å²) in [7, 11) is 0. The van der Waals surface area contributed by atoms with Crippen molar-refractivity contribution in [3.63, 3.8) is 0 Å². The second-order valence-corrected chi connectivity index (χ2v) is 9.03. The quantitative estimate of drug-likeness (QED) is 0.515. The number of aromatic nitrogens is 2. The Balaban J connectivity index is 1.82. The van der Waals surface area contributed by atoms with Gasteiger partial charge in [-0.1, -0.05) is 11.6 Å². The van der Waals surface area contributed by atoms with Gasteiger partial charge < -0.3 is 19.9 Å². The summed E-state index contributed by atoms with van der Waals surface area (Å²) < 4.78 is 30.7. The summed E-state index contributed by atoms with van der Waals surface area (Å²) >= 11 is 6.00. The molecule has 1 aromatic heterocycles. The monoisotopic (exact) mass is 474 g/mol. The number of hydrogen-bond donors (Lipinski definition) is 1. The average Bonchev–Trinajstić information content (AvgIpc) is 3.24. The smallest absolute Gasteiger partial charge is 0.420 e. The summed E-state index contributed by atoms with van der Waals surface area (Å²) in [6.07, 6.45) is 1.28. The number of nitrogens with zero attached hydrogens (tertiary/aromatic N) is 3. The Labute approximate surface area is 195 Å². The van der Waals surface area contributed by atoms with Gasteiger partial charge in [-0.2, -0.15) is 0 Å². The van der Waals surface area contributed by atoms with E-state index in [-0.39, 0.29) is 22.6 Å². The normalized spacial score (nSPS) is 16.1. The van der Waals surface area contributed by atoms with Crippen molar-refractivity contribution in [1.29, 1.82) is 0 Å². The lowest BCUT2D eigenvalue weighted by Gasteiger charge is -2.27. The SMILES string of the molecule is CC(C)(C)OC(=O)N(c1ccc(F)c(Cl)c1)c1ncnc2cc(OC3CCOC3)c(N)cc12. The highest BCUT2D eigenvalue weighted by atomic mass is 35.5. The minimum atomic E-state index is -0.786. The minimum Gasteiger partial charge on any atom is -0.486 e. The van der Waals surface area contributed by atoms with Crippen LogP contribution in [0.1, 0.15) is 27.2 Å². The Morgan fingerprint density at radius 1 is 1.27 bits per heavy atom. The first kappa shape index (κ1) is 23.0. The van der Waals surface area contributed by atoms with Gasteiger partial charge in [-0.15, -0.1) is 0 Å². The van der Waals surface area contributed by atoms with Crippen molar-refractivity contribution in [3.8, 4) is 5.75 Å². The molecule has 1 amide bonds. The highest BCUT2D eigenvalue weighted by Crippen LogP contribution is 2.37. The molecule has 0 radical (unpaired) electrons. The van der Waals surface area contributed by atoms with Gasteiger partial charge in [0.2, 0.25) is 0 Å². The van der Waals surface area contributed by atoms with E-state index in [1.165, 1.54) is 29.4 Å². The van der Waals surface area contributed by atoms with E-state index in [0.717, 1.165) is 6.42 Å². The predicted molar refractivity (Wildman–Crippen MR) is 124 cm³/mol. The number of fused-ring (bicyclic) bond motifs is 1. The molecule has 2 heterocycles. The first-order chi connectivity index (χ1) is 15.6. The van der Waals surface area contributed by atoms with E-state index in [1.54, 1.807) is 32.9 Å². The highest BCUT2D eigenvalue weighted by Gasteiger charge is 2.28. The second-order valence-electron chi connectivity index (χ2n) is 8.62. The van der Waals surface area contributed by atoms with E-state index in [4.69, 9.17) is 31.5 Å². The molecule has 2 aromatic carbocycles. The van der Waals surface area contributed by atoms with Gasteiger partial charge >= 0.3 is 6.09 Å². The number of rotatable bonds is 4. The molecular weight excluding hydrogens is 451 g/mol. The number of benzene rings is 2. The van der Waals surface area contributed by atoms with Crippen molar-refractivity contribution in [3.05, 3.63) is 47.5 Å². The standard InChI is InChI=1S/C23H24ClFN4O4/c1-23(2,3)33-22(30)29(13-4-5-17(25)16(24)8-13)21-15-9-18(26)20(10-19(15)27-12-28-21)32-14-6-7-31-11-14/h4-5,8-10,12,14H,6-7,11,26H2,1-3H3. The number of carbonyl (C=O) groups is 1. The third kappa shape index (κ3) is 5.09. The van der Waals surface area contributed by atoms with Gasteiger partial charge in [-0.25, -0.2) is 24.1 Å². The molecule has 174 valence electrons. The Kier molecular flexibility index (Phi) is 6.27. The maximum atomic E-state index is 13.8. The van der Waals surface area contributed by atoms with E-state index in [0.29, 0.717) is 35.6 Å². The van der Waals surface area contributed by atoms with E-state index in [2.05, 4.69) is 9.97 Å². The number of ether oxygens (including phenoxy) is 3. The largest absolute Gasteiger partial charge is 0.486 e. The lowest BCUT2D eigenvalue weighted by molar-refractivity contribution is 0.0598. The maximum Gasteiger partial charge on any atom is 0.420 e. The summed E-state index contributed by atoms with van der Waals surface area (Å²) in [6.45, 7) is 6.35. The van der Waals surface area contributed by atoms with Gasteiger partial charge in [0, 0.05) is 17.9 Å². The molecule has 0 aliphatic carbocycles. The van der Waals surface area contributed by atoms with Gasteiger partial charge in [0.05, 0.1) is 35.1 Å². The molecule has 4 rings (SSSR count). The molecule has 1 atom stereocenters. The van der Waals surface area contributed by atoms with Crippen LogP contribution in [-0.4, -0.2) is 41.0 Å².